The number of amides is 1. The van der Waals surface area contributed by atoms with Gasteiger partial charge in [-0.05, 0) is 39.0 Å². The van der Waals surface area contributed by atoms with E-state index in [1.807, 2.05) is 26.8 Å². The van der Waals surface area contributed by atoms with E-state index in [0.717, 1.165) is 0 Å². The van der Waals surface area contributed by atoms with Gasteiger partial charge >= 0.3 is 0 Å². The first-order chi connectivity index (χ1) is 8.45. The van der Waals surface area contributed by atoms with Crippen molar-refractivity contribution in [1.82, 2.24) is 4.90 Å². The maximum atomic E-state index is 12.5. The van der Waals surface area contributed by atoms with E-state index in [4.69, 9.17) is 10.00 Å². The number of nitrogens with zero attached hydrogens (tertiary/aromatic N) is 2. The predicted molar refractivity (Wildman–Crippen MR) is 66.8 cm³/mol. The lowest BCUT2D eigenvalue weighted by atomic mass is 10.0. The molecule has 4 heteroatoms. The quantitative estimate of drug-likeness (QED) is 0.760. The maximum Gasteiger partial charge on any atom is 0.256 e. The van der Waals surface area contributed by atoms with Gasteiger partial charge in [-0.2, -0.15) is 5.26 Å². The second-order valence-electron chi connectivity index (χ2n) is 5.09. The topological polar surface area (TPSA) is 53.3 Å². The molecule has 0 radical (unpaired) electrons. The third-order valence-corrected chi connectivity index (χ3v) is 3.15. The molecule has 1 aliphatic heterocycles. The molecule has 0 aromatic heterocycles. The molecule has 0 spiro atoms. The van der Waals surface area contributed by atoms with Crippen LogP contribution in [0.3, 0.4) is 0 Å². The summed E-state index contributed by atoms with van der Waals surface area (Å²) in [4.78, 5) is 14.2. The Balaban J connectivity index is 2.34. The van der Waals surface area contributed by atoms with Crippen LogP contribution >= 0.6 is 0 Å². The van der Waals surface area contributed by atoms with Crippen LogP contribution in [-0.4, -0.2) is 29.2 Å². The molecule has 94 valence electrons. The normalized spacial score (nSPS) is 21.7. The van der Waals surface area contributed by atoms with E-state index in [0.29, 0.717) is 17.7 Å². The van der Waals surface area contributed by atoms with Gasteiger partial charge in [-0.25, -0.2) is 0 Å². The number of rotatable bonds is 1. The van der Waals surface area contributed by atoms with Gasteiger partial charge in [0.25, 0.3) is 5.91 Å². The Morgan fingerprint density at radius 2 is 2.28 bits per heavy atom. The second kappa shape index (κ2) is 4.43. The van der Waals surface area contributed by atoms with Gasteiger partial charge in [0.15, 0.2) is 0 Å². The monoisotopic (exact) mass is 244 g/mol. The average molecular weight is 244 g/mol. The summed E-state index contributed by atoms with van der Waals surface area (Å²) in [5.41, 5.74) is 0.699. The Hall–Kier alpha value is -1.86. The van der Waals surface area contributed by atoms with Gasteiger partial charge in [0.1, 0.15) is 6.23 Å². The highest BCUT2D eigenvalue weighted by atomic mass is 16.5. The van der Waals surface area contributed by atoms with E-state index in [1.165, 1.54) is 0 Å². The molecular weight excluding hydrogens is 228 g/mol. The number of hydrogen-bond donors (Lipinski definition) is 0. The molecular formula is C14H16N2O2. The van der Waals surface area contributed by atoms with Crippen molar-refractivity contribution in [3.63, 3.8) is 0 Å². The van der Waals surface area contributed by atoms with Crippen molar-refractivity contribution in [3.05, 3.63) is 35.4 Å². The number of carbonyl (C=O) groups excluding carboxylic acids is 1. The summed E-state index contributed by atoms with van der Waals surface area (Å²) < 4.78 is 5.52. The van der Waals surface area contributed by atoms with Crippen LogP contribution in [0.25, 0.3) is 0 Å². The van der Waals surface area contributed by atoms with Gasteiger partial charge in [-0.3, -0.25) is 4.79 Å². The van der Waals surface area contributed by atoms with Crippen LogP contribution in [0.1, 0.15) is 36.7 Å². The summed E-state index contributed by atoms with van der Waals surface area (Å²) in [5.74, 6) is -0.0953. The minimum absolute atomic E-state index is 0.0953. The number of hydrogen-bond acceptors (Lipinski definition) is 3. The Labute approximate surface area is 107 Å². The molecule has 2 rings (SSSR count). The molecule has 1 aromatic carbocycles. The zero-order valence-corrected chi connectivity index (χ0v) is 10.8. The Kier molecular flexibility index (Phi) is 3.10. The Bertz CT molecular complexity index is 517. The Morgan fingerprint density at radius 1 is 1.56 bits per heavy atom. The molecule has 0 N–H and O–H groups in total. The van der Waals surface area contributed by atoms with E-state index in [9.17, 15) is 4.79 Å². The van der Waals surface area contributed by atoms with Gasteiger partial charge in [0.2, 0.25) is 0 Å². The van der Waals surface area contributed by atoms with Crippen molar-refractivity contribution in [3.8, 4) is 6.07 Å². The molecule has 1 heterocycles. The van der Waals surface area contributed by atoms with E-state index < -0.39 is 0 Å². The van der Waals surface area contributed by atoms with E-state index >= 15 is 0 Å². The molecule has 1 amide bonds. The first-order valence-electron chi connectivity index (χ1n) is 5.91. The third-order valence-electron chi connectivity index (χ3n) is 3.15. The molecule has 1 atom stereocenters. The van der Waals surface area contributed by atoms with Crippen LogP contribution < -0.4 is 0 Å². The van der Waals surface area contributed by atoms with Gasteiger partial charge in [-0.1, -0.05) is 6.07 Å². The standard InChI is InChI=1S/C14H16N2O2/c1-10-16(14(2,3)9-18-10)13(17)12-6-4-5-11(7-12)8-15/h4-7,10H,9H2,1-3H3. The van der Waals surface area contributed by atoms with Crippen molar-refractivity contribution >= 4 is 5.91 Å². The van der Waals surface area contributed by atoms with Gasteiger partial charge in [0.05, 0.1) is 23.8 Å². The maximum absolute atomic E-state index is 12.5. The van der Waals surface area contributed by atoms with E-state index in [-0.39, 0.29) is 17.7 Å². The van der Waals surface area contributed by atoms with Gasteiger partial charge in [-0.15, -0.1) is 0 Å². The predicted octanol–water partition coefficient (Wildman–Crippen LogP) is 2.16. The molecule has 1 aliphatic rings. The first kappa shape index (κ1) is 12.6. The van der Waals surface area contributed by atoms with Crippen molar-refractivity contribution in [2.45, 2.75) is 32.5 Å². The van der Waals surface area contributed by atoms with Crippen LogP contribution in [0, 0.1) is 11.3 Å². The van der Waals surface area contributed by atoms with Crippen molar-refractivity contribution in [1.29, 1.82) is 5.26 Å². The van der Waals surface area contributed by atoms with E-state index in [1.54, 1.807) is 29.2 Å². The summed E-state index contributed by atoms with van der Waals surface area (Å²) in [6, 6.07) is 8.79. The summed E-state index contributed by atoms with van der Waals surface area (Å²) in [6.07, 6.45) is -0.238. The molecule has 4 nitrogen and oxygen atoms in total. The lowest BCUT2D eigenvalue weighted by molar-refractivity contribution is 0.0307. The van der Waals surface area contributed by atoms with Crippen LogP contribution in [0.15, 0.2) is 24.3 Å². The first-order valence-corrected chi connectivity index (χ1v) is 5.91. The van der Waals surface area contributed by atoms with Gasteiger partial charge in [0, 0.05) is 5.56 Å². The van der Waals surface area contributed by atoms with Crippen LogP contribution in [-0.2, 0) is 4.74 Å². The zero-order valence-electron chi connectivity index (χ0n) is 10.8. The summed E-state index contributed by atoms with van der Waals surface area (Å²) in [5, 5.41) is 8.86. The SMILES string of the molecule is CC1OCC(C)(C)N1C(=O)c1cccc(C#N)c1. The summed E-state index contributed by atoms with van der Waals surface area (Å²) in [7, 11) is 0. The average Bonchev–Trinajstić information content (AvgIpc) is 2.63. The molecule has 0 aliphatic carbocycles. The number of benzene rings is 1. The molecule has 1 fully saturated rings. The van der Waals surface area contributed by atoms with Crippen molar-refractivity contribution in [2.24, 2.45) is 0 Å². The van der Waals surface area contributed by atoms with Crippen LogP contribution in [0.5, 0.6) is 0 Å². The third kappa shape index (κ3) is 2.09. The van der Waals surface area contributed by atoms with Crippen molar-refractivity contribution < 1.29 is 9.53 Å². The second-order valence-corrected chi connectivity index (χ2v) is 5.09. The molecule has 1 aromatic rings. The lowest BCUT2D eigenvalue weighted by Gasteiger charge is -2.32. The number of nitriles is 1. The Morgan fingerprint density at radius 3 is 2.83 bits per heavy atom. The minimum Gasteiger partial charge on any atom is -0.356 e. The largest absolute Gasteiger partial charge is 0.356 e. The molecule has 1 saturated heterocycles. The zero-order chi connectivity index (χ0) is 13.3. The molecule has 0 saturated carbocycles. The smallest absolute Gasteiger partial charge is 0.256 e. The molecule has 1 unspecified atom stereocenters. The van der Waals surface area contributed by atoms with Gasteiger partial charge < -0.3 is 9.64 Å². The fraction of sp³-hybridized carbons (Fsp3) is 0.429. The van der Waals surface area contributed by atoms with Crippen LogP contribution in [0.2, 0.25) is 0 Å². The highest BCUT2D eigenvalue weighted by Crippen LogP contribution is 2.28. The summed E-state index contributed by atoms with van der Waals surface area (Å²) in [6.45, 7) is 6.34. The molecule has 18 heavy (non-hydrogen) atoms. The fourth-order valence-corrected chi connectivity index (χ4v) is 2.26. The highest BCUT2D eigenvalue weighted by Gasteiger charge is 2.41. The highest BCUT2D eigenvalue weighted by molar-refractivity contribution is 5.95. The molecule has 0 bridgehead atoms. The van der Waals surface area contributed by atoms with Crippen molar-refractivity contribution in [2.75, 3.05) is 6.61 Å². The van der Waals surface area contributed by atoms with Crippen LogP contribution in [0.4, 0.5) is 0 Å². The van der Waals surface area contributed by atoms with E-state index in [2.05, 4.69) is 0 Å². The summed E-state index contributed by atoms with van der Waals surface area (Å²) >= 11 is 0. The number of carbonyl (C=O) groups is 1. The minimum atomic E-state index is -0.320. The number of ether oxygens (including phenoxy) is 1. The fourth-order valence-electron chi connectivity index (χ4n) is 2.26. The lowest BCUT2D eigenvalue weighted by Crippen LogP contribution is -2.47.